The summed E-state index contributed by atoms with van der Waals surface area (Å²) < 4.78 is 5.42. The van der Waals surface area contributed by atoms with Gasteiger partial charge in [0.25, 0.3) is 0 Å². The normalized spacial score (nSPS) is 21.2. The van der Waals surface area contributed by atoms with Crippen LogP contribution in [0.1, 0.15) is 24.0 Å². The van der Waals surface area contributed by atoms with Crippen molar-refractivity contribution in [2.45, 2.75) is 32.4 Å². The summed E-state index contributed by atoms with van der Waals surface area (Å²) in [4.78, 5) is 13.9. The van der Waals surface area contributed by atoms with Crippen molar-refractivity contribution in [2.24, 2.45) is 0 Å². The van der Waals surface area contributed by atoms with Crippen molar-refractivity contribution >= 4 is 11.8 Å². The van der Waals surface area contributed by atoms with Crippen LogP contribution in [0.4, 0.5) is 11.8 Å². The van der Waals surface area contributed by atoms with Gasteiger partial charge in [-0.2, -0.15) is 4.98 Å². The molecular weight excluding hydrogens is 338 g/mol. The molecule has 1 unspecified atom stereocenters. The minimum absolute atomic E-state index is 0.426. The van der Waals surface area contributed by atoms with E-state index >= 15 is 0 Å². The number of aromatic nitrogens is 2. The molecule has 144 valence electrons. The number of benzene rings is 1. The molecule has 2 saturated heterocycles. The SMILES string of the molecule is Cc1ccccc1CN1CCCC(Nc2ccnc(N3CCOCC3)n2)C1. The van der Waals surface area contributed by atoms with Crippen LogP contribution < -0.4 is 10.2 Å². The van der Waals surface area contributed by atoms with E-state index in [0.29, 0.717) is 6.04 Å². The molecule has 2 aliphatic rings. The lowest BCUT2D eigenvalue weighted by Gasteiger charge is -2.34. The average Bonchev–Trinajstić information content (AvgIpc) is 2.71. The third-order valence-electron chi connectivity index (χ3n) is 5.45. The quantitative estimate of drug-likeness (QED) is 0.877. The molecular formula is C21H29N5O. The first-order valence-corrected chi connectivity index (χ1v) is 9.97. The van der Waals surface area contributed by atoms with Crippen LogP contribution in [0, 0.1) is 6.92 Å². The van der Waals surface area contributed by atoms with E-state index in [9.17, 15) is 0 Å². The van der Waals surface area contributed by atoms with E-state index in [2.05, 4.69) is 51.3 Å². The second-order valence-corrected chi connectivity index (χ2v) is 7.49. The number of morpholine rings is 1. The van der Waals surface area contributed by atoms with E-state index in [-0.39, 0.29) is 0 Å². The van der Waals surface area contributed by atoms with Crippen molar-refractivity contribution in [1.29, 1.82) is 0 Å². The molecule has 1 aromatic heterocycles. The molecule has 1 aromatic carbocycles. The van der Waals surface area contributed by atoms with Crippen LogP contribution in [-0.4, -0.2) is 60.3 Å². The van der Waals surface area contributed by atoms with Crippen molar-refractivity contribution in [3.8, 4) is 0 Å². The van der Waals surface area contributed by atoms with Crippen molar-refractivity contribution in [2.75, 3.05) is 49.6 Å². The Morgan fingerprint density at radius 1 is 1.15 bits per heavy atom. The molecule has 1 N–H and O–H groups in total. The zero-order valence-electron chi connectivity index (χ0n) is 16.1. The van der Waals surface area contributed by atoms with Gasteiger partial charge >= 0.3 is 0 Å². The first kappa shape index (κ1) is 18.2. The van der Waals surface area contributed by atoms with Crippen LogP contribution in [0.25, 0.3) is 0 Å². The smallest absolute Gasteiger partial charge is 0.227 e. The Kier molecular flexibility index (Phi) is 5.84. The summed E-state index contributed by atoms with van der Waals surface area (Å²) in [5, 5.41) is 3.64. The molecule has 0 radical (unpaired) electrons. The molecule has 27 heavy (non-hydrogen) atoms. The van der Waals surface area contributed by atoms with Gasteiger partial charge in [0.2, 0.25) is 5.95 Å². The maximum Gasteiger partial charge on any atom is 0.227 e. The highest BCUT2D eigenvalue weighted by atomic mass is 16.5. The van der Waals surface area contributed by atoms with Gasteiger partial charge in [-0.25, -0.2) is 4.98 Å². The molecule has 0 saturated carbocycles. The number of ether oxygens (including phenoxy) is 1. The molecule has 2 aliphatic heterocycles. The summed E-state index contributed by atoms with van der Waals surface area (Å²) in [5.41, 5.74) is 2.80. The maximum absolute atomic E-state index is 5.42. The van der Waals surface area contributed by atoms with Crippen molar-refractivity contribution in [3.05, 3.63) is 47.7 Å². The first-order chi connectivity index (χ1) is 13.3. The number of hydrogen-bond donors (Lipinski definition) is 1. The molecule has 0 spiro atoms. The van der Waals surface area contributed by atoms with Gasteiger partial charge in [0.1, 0.15) is 5.82 Å². The number of likely N-dealkylation sites (tertiary alicyclic amines) is 1. The van der Waals surface area contributed by atoms with Crippen LogP contribution in [0.2, 0.25) is 0 Å². The van der Waals surface area contributed by atoms with Gasteiger partial charge in [0.05, 0.1) is 13.2 Å². The summed E-state index contributed by atoms with van der Waals surface area (Å²) in [6.07, 6.45) is 4.25. The summed E-state index contributed by atoms with van der Waals surface area (Å²) in [6, 6.07) is 11.1. The van der Waals surface area contributed by atoms with E-state index in [4.69, 9.17) is 9.72 Å². The number of anilines is 2. The number of aryl methyl sites for hydroxylation is 1. The summed E-state index contributed by atoms with van der Waals surface area (Å²) >= 11 is 0. The zero-order valence-corrected chi connectivity index (χ0v) is 16.1. The predicted molar refractivity (Wildman–Crippen MR) is 108 cm³/mol. The topological polar surface area (TPSA) is 53.5 Å². The van der Waals surface area contributed by atoms with E-state index in [1.807, 2.05) is 12.3 Å². The highest BCUT2D eigenvalue weighted by Gasteiger charge is 2.21. The highest BCUT2D eigenvalue weighted by Crippen LogP contribution is 2.19. The van der Waals surface area contributed by atoms with Crippen LogP contribution in [0.15, 0.2) is 36.5 Å². The highest BCUT2D eigenvalue weighted by molar-refractivity contribution is 5.42. The maximum atomic E-state index is 5.42. The monoisotopic (exact) mass is 367 g/mol. The fourth-order valence-corrected chi connectivity index (χ4v) is 3.90. The fourth-order valence-electron chi connectivity index (χ4n) is 3.90. The number of piperidine rings is 1. The zero-order chi connectivity index (χ0) is 18.5. The first-order valence-electron chi connectivity index (χ1n) is 9.97. The Hall–Kier alpha value is -2.18. The van der Waals surface area contributed by atoms with Crippen molar-refractivity contribution in [1.82, 2.24) is 14.9 Å². The largest absolute Gasteiger partial charge is 0.378 e. The number of nitrogens with zero attached hydrogens (tertiary/aromatic N) is 4. The van der Waals surface area contributed by atoms with Crippen molar-refractivity contribution in [3.63, 3.8) is 0 Å². The van der Waals surface area contributed by atoms with Crippen LogP contribution >= 0.6 is 0 Å². The standard InChI is InChI=1S/C21H29N5O/c1-17-5-2-3-6-18(17)15-25-10-4-7-19(16-25)23-20-8-9-22-21(24-20)26-11-13-27-14-12-26/h2-3,5-6,8-9,19H,4,7,10-16H2,1H3,(H,22,23,24). The Bertz CT molecular complexity index is 747. The molecule has 3 heterocycles. The van der Waals surface area contributed by atoms with E-state index in [0.717, 1.165) is 57.7 Å². The lowest BCUT2D eigenvalue weighted by molar-refractivity contribution is 0.122. The molecule has 6 nitrogen and oxygen atoms in total. The lowest BCUT2D eigenvalue weighted by Crippen LogP contribution is -2.42. The van der Waals surface area contributed by atoms with Crippen LogP contribution in [0.3, 0.4) is 0 Å². The summed E-state index contributed by atoms with van der Waals surface area (Å²) in [7, 11) is 0. The average molecular weight is 367 g/mol. The Labute approximate surface area is 161 Å². The molecule has 1 atom stereocenters. The minimum atomic E-state index is 0.426. The van der Waals surface area contributed by atoms with Crippen molar-refractivity contribution < 1.29 is 4.74 Å². The van der Waals surface area contributed by atoms with Gasteiger partial charge in [0, 0.05) is 38.4 Å². The Balaban J connectivity index is 1.37. The molecule has 0 amide bonds. The fraction of sp³-hybridized carbons (Fsp3) is 0.524. The molecule has 2 aromatic rings. The molecule has 4 rings (SSSR count). The molecule has 6 heteroatoms. The Morgan fingerprint density at radius 2 is 2.00 bits per heavy atom. The second kappa shape index (κ2) is 8.67. The minimum Gasteiger partial charge on any atom is -0.378 e. The van der Waals surface area contributed by atoms with E-state index < -0.39 is 0 Å². The van der Waals surface area contributed by atoms with Crippen LogP contribution in [-0.2, 0) is 11.3 Å². The molecule has 0 bridgehead atoms. The predicted octanol–water partition coefficient (Wildman–Crippen LogP) is 2.70. The van der Waals surface area contributed by atoms with Gasteiger partial charge in [-0.1, -0.05) is 24.3 Å². The van der Waals surface area contributed by atoms with Gasteiger partial charge in [-0.3, -0.25) is 4.90 Å². The summed E-state index contributed by atoms with van der Waals surface area (Å²) in [5.74, 6) is 1.73. The third-order valence-corrected chi connectivity index (χ3v) is 5.45. The lowest BCUT2D eigenvalue weighted by atomic mass is 10.0. The van der Waals surface area contributed by atoms with E-state index in [1.165, 1.54) is 24.0 Å². The molecule has 0 aliphatic carbocycles. The second-order valence-electron chi connectivity index (χ2n) is 7.49. The van der Waals surface area contributed by atoms with Gasteiger partial charge in [-0.15, -0.1) is 0 Å². The summed E-state index contributed by atoms with van der Waals surface area (Å²) in [6.45, 7) is 8.64. The third kappa shape index (κ3) is 4.76. The Morgan fingerprint density at radius 3 is 2.85 bits per heavy atom. The molecule has 2 fully saturated rings. The van der Waals surface area contributed by atoms with Gasteiger partial charge < -0.3 is 15.0 Å². The van der Waals surface area contributed by atoms with E-state index in [1.54, 1.807) is 0 Å². The van der Waals surface area contributed by atoms with Crippen LogP contribution in [0.5, 0.6) is 0 Å². The van der Waals surface area contributed by atoms with Gasteiger partial charge in [0.15, 0.2) is 0 Å². The number of hydrogen-bond acceptors (Lipinski definition) is 6. The number of rotatable bonds is 5. The number of nitrogens with one attached hydrogen (secondary N) is 1. The van der Waals surface area contributed by atoms with Gasteiger partial charge in [-0.05, 0) is 43.5 Å².